The Morgan fingerprint density at radius 3 is 2.85 bits per heavy atom. The second-order valence-corrected chi connectivity index (χ2v) is 8.49. The van der Waals surface area contributed by atoms with E-state index in [1.54, 1.807) is 6.08 Å². The summed E-state index contributed by atoms with van der Waals surface area (Å²) in [6, 6.07) is 0. The number of terminal acetylenes is 1. The molecule has 3 aliphatic carbocycles. The van der Waals surface area contributed by atoms with Gasteiger partial charge < -0.3 is 10.1 Å². The lowest BCUT2D eigenvalue weighted by Crippen LogP contribution is -2.51. The zero-order valence-corrected chi connectivity index (χ0v) is 15.7. The Labute approximate surface area is 155 Å². The molecule has 0 saturated heterocycles. The van der Waals surface area contributed by atoms with Crippen LogP contribution in [0, 0.1) is 29.6 Å². The first kappa shape index (κ1) is 17.4. The van der Waals surface area contributed by atoms with Crippen molar-refractivity contribution in [1.82, 2.24) is 5.32 Å². The zero-order chi connectivity index (χ0) is 18.5. The molecule has 2 fully saturated rings. The number of ether oxygens (including phenoxy) is 1. The highest BCUT2D eigenvalue weighted by atomic mass is 16.6. The highest BCUT2D eigenvalue weighted by molar-refractivity contribution is 5.89. The molecule has 26 heavy (non-hydrogen) atoms. The maximum absolute atomic E-state index is 11.9. The van der Waals surface area contributed by atoms with Gasteiger partial charge in [-0.2, -0.15) is 0 Å². The lowest BCUT2D eigenvalue weighted by atomic mass is 9.55. The number of carbonyl (C=O) groups is 2. The van der Waals surface area contributed by atoms with Gasteiger partial charge in [0.05, 0.1) is 0 Å². The summed E-state index contributed by atoms with van der Waals surface area (Å²) in [5, 5.41) is 2.96. The number of nitrogens with one attached hydrogen (secondary N) is 1. The molecule has 1 N–H and O–H groups in total. The summed E-state index contributed by atoms with van der Waals surface area (Å²) in [6.07, 6.45) is 14.4. The second-order valence-electron chi connectivity index (χ2n) is 8.49. The van der Waals surface area contributed by atoms with Gasteiger partial charge in [-0.15, -0.1) is 6.42 Å². The fourth-order valence-electron chi connectivity index (χ4n) is 6.22. The minimum absolute atomic E-state index is 0.0387. The summed E-state index contributed by atoms with van der Waals surface area (Å²) in [6.45, 7) is 4.41. The van der Waals surface area contributed by atoms with Crippen LogP contribution in [0.15, 0.2) is 22.8 Å². The van der Waals surface area contributed by atoms with Crippen LogP contribution in [0.3, 0.4) is 0 Å². The predicted octanol–water partition coefficient (Wildman–Crippen LogP) is 3.28. The molecule has 4 unspecified atom stereocenters. The van der Waals surface area contributed by atoms with Crippen LogP contribution < -0.4 is 5.32 Å². The van der Waals surface area contributed by atoms with Gasteiger partial charge in [0, 0.05) is 25.0 Å². The molecule has 0 radical (unpaired) electrons. The predicted molar refractivity (Wildman–Crippen MR) is 98.9 cm³/mol. The molecular formula is C22H27NO3. The van der Waals surface area contributed by atoms with Crippen molar-refractivity contribution in [3.05, 3.63) is 22.8 Å². The van der Waals surface area contributed by atoms with Gasteiger partial charge >= 0.3 is 5.97 Å². The second kappa shape index (κ2) is 6.01. The molecular weight excluding hydrogens is 326 g/mol. The summed E-state index contributed by atoms with van der Waals surface area (Å²) >= 11 is 0. The van der Waals surface area contributed by atoms with Crippen molar-refractivity contribution in [1.29, 1.82) is 0 Å². The van der Waals surface area contributed by atoms with Crippen LogP contribution in [-0.2, 0) is 14.3 Å². The summed E-state index contributed by atoms with van der Waals surface area (Å²) in [5.74, 6) is 3.60. The van der Waals surface area contributed by atoms with Gasteiger partial charge in [0.2, 0.25) is 5.91 Å². The van der Waals surface area contributed by atoms with Crippen molar-refractivity contribution in [3.8, 4) is 12.3 Å². The molecule has 0 aromatic heterocycles. The normalized spacial score (nSPS) is 38.8. The van der Waals surface area contributed by atoms with Crippen LogP contribution in [0.1, 0.15) is 58.8 Å². The third kappa shape index (κ3) is 2.36. The first-order valence-electron chi connectivity index (χ1n) is 9.78. The van der Waals surface area contributed by atoms with Crippen molar-refractivity contribution in [2.45, 2.75) is 64.4 Å². The number of hydrogen-bond acceptors (Lipinski definition) is 3. The van der Waals surface area contributed by atoms with Crippen LogP contribution in [0.5, 0.6) is 0 Å². The average Bonchev–Trinajstić information content (AvgIpc) is 2.75. The molecule has 1 heterocycles. The summed E-state index contributed by atoms with van der Waals surface area (Å²) < 4.78 is 5.78. The number of hydrogen-bond donors (Lipinski definition) is 1. The van der Waals surface area contributed by atoms with E-state index in [1.807, 2.05) is 0 Å². The minimum atomic E-state index is -0.767. The standard InChI is InChI=1S/C22H27NO3/c1-4-22(26-14(2)24)11-8-19-18-6-5-15-13-20(25)23-12-9-16(15)17(18)7-10-21(19,22)3/h1,13,18-19H,5-12H2,2-3H3,(H,23,25). The highest BCUT2D eigenvalue weighted by Gasteiger charge is 2.62. The third-order valence-electron chi connectivity index (χ3n) is 7.43. The highest BCUT2D eigenvalue weighted by Crippen LogP contribution is 2.64. The number of allylic oxidation sites excluding steroid dienone is 2. The van der Waals surface area contributed by atoms with E-state index in [-0.39, 0.29) is 17.3 Å². The van der Waals surface area contributed by atoms with Gasteiger partial charge in [-0.3, -0.25) is 9.59 Å². The number of esters is 1. The summed E-state index contributed by atoms with van der Waals surface area (Å²) in [5.41, 5.74) is 3.25. The lowest BCUT2D eigenvalue weighted by molar-refractivity contribution is -0.163. The fraction of sp³-hybridized carbons (Fsp3) is 0.636. The first-order valence-corrected chi connectivity index (χ1v) is 9.78. The minimum Gasteiger partial charge on any atom is -0.445 e. The summed E-state index contributed by atoms with van der Waals surface area (Å²) in [7, 11) is 0. The van der Waals surface area contributed by atoms with E-state index in [0.29, 0.717) is 18.4 Å². The maximum Gasteiger partial charge on any atom is 0.304 e. The van der Waals surface area contributed by atoms with Gasteiger partial charge in [0.15, 0.2) is 5.60 Å². The Bertz CT molecular complexity index is 771. The topological polar surface area (TPSA) is 55.4 Å². The zero-order valence-electron chi connectivity index (χ0n) is 15.7. The van der Waals surface area contributed by atoms with Crippen LogP contribution in [0.4, 0.5) is 0 Å². The smallest absolute Gasteiger partial charge is 0.304 e. The molecule has 4 aliphatic rings. The molecule has 2 saturated carbocycles. The van der Waals surface area contributed by atoms with Crippen LogP contribution in [-0.4, -0.2) is 24.0 Å². The first-order chi connectivity index (χ1) is 12.4. The molecule has 1 aliphatic heterocycles. The number of carbonyl (C=O) groups excluding carboxylic acids is 2. The molecule has 0 aromatic rings. The fourth-order valence-corrected chi connectivity index (χ4v) is 6.22. The molecule has 4 atom stereocenters. The van der Waals surface area contributed by atoms with E-state index in [1.165, 1.54) is 23.6 Å². The van der Waals surface area contributed by atoms with Gasteiger partial charge in [0.1, 0.15) is 0 Å². The van der Waals surface area contributed by atoms with Crippen molar-refractivity contribution >= 4 is 11.9 Å². The van der Waals surface area contributed by atoms with Crippen LogP contribution in [0.2, 0.25) is 0 Å². The SMILES string of the molecule is C#CC1(OC(C)=O)CCC2C3CCC4=CC(=O)NCCC4=C3CCC21C. The number of amides is 1. The average molecular weight is 353 g/mol. The van der Waals surface area contributed by atoms with Crippen molar-refractivity contribution < 1.29 is 14.3 Å². The van der Waals surface area contributed by atoms with Crippen LogP contribution >= 0.6 is 0 Å². The van der Waals surface area contributed by atoms with Gasteiger partial charge in [-0.05, 0) is 67.9 Å². The number of rotatable bonds is 1. The molecule has 4 rings (SSSR count). The van der Waals surface area contributed by atoms with E-state index in [9.17, 15) is 9.59 Å². The summed E-state index contributed by atoms with van der Waals surface area (Å²) in [4.78, 5) is 23.6. The Morgan fingerprint density at radius 1 is 1.31 bits per heavy atom. The quantitative estimate of drug-likeness (QED) is 0.581. The molecule has 138 valence electrons. The van der Waals surface area contributed by atoms with E-state index in [0.717, 1.165) is 44.9 Å². The monoisotopic (exact) mass is 353 g/mol. The van der Waals surface area contributed by atoms with Gasteiger partial charge in [-0.1, -0.05) is 18.4 Å². The van der Waals surface area contributed by atoms with E-state index in [2.05, 4.69) is 18.2 Å². The van der Waals surface area contributed by atoms with Gasteiger partial charge in [-0.25, -0.2) is 0 Å². The van der Waals surface area contributed by atoms with E-state index >= 15 is 0 Å². The number of fused-ring (bicyclic) bond motifs is 4. The largest absolute Gasteiger partial charge is 0.445 e. The molecule has 1 amide bonds. The maximum atomic E-state index is 11.9. The molecule has 0 spiro atoms. The Hall–Kier alpha value is -2.02. The third-order valence-corrected chi connectivity index (χ3v) is 7.43. The van der Waals surface area contributed by atoms with Crippen LogP contribution in [0.25, 0.3) is 0 Å². The van der Waals surface area contributed by atoms with Gasteiger partial charge in [0.25, 0.3) is 0 Å². The molecule has 0 bridgehead atoms. The molecule has 4 nitrogen and oxygen atoms in total. The Kier molecular flexibility index (Phi) is 4.02. The lowest BCUT2D eigenvalue weighted by Gasteiger charge is -2.51. The molecule has 0 aromatic carbocycles. The Morgan fingerprint density at radius 2 is 2.12 bits per heavy atom. The molecule has 4 heteroatoms. The van der Waals surface area contributed by atoms with Crippen molar-refractivity contribution in [3.63, 3.8) is 0 Å². The van der Waals surface area contributed by atoms with Crippen molar-refractivity contribution in [2.75, 3.05) is 6.54 Å². The Balaban J connectivity index is 1.73. The van der Waals surface area contributed by atoms with Crippen molar-refractivity contribution in [2.24, 2.45) is 17.3 Å². The van der Waals surface area contributed by atoms with E-state index in [4.69, 9.17) is 11.2 Å². The van der Waals surface area contributed by atoms with E-state index < -0.39 is 5.60 Å².